The fourth-order valence-corrected chi connectivity index (χ4v) is 1.81. The lowest BCUT2D eigenvalue weighted by Gasteiger charge is -2.01. The monoisotopic (exact) mass is 216 g/mol. The molecule has 2 nitrogen and oxygen atoms in total. The van der Waals surface area contributed by atoms with Gasteiger partial charge in [0.1, 0.15) is 5.00 Å². The first kappa shape index (κ1) is 7.58. The molecule has 4 heteroatoms. The molecule has 0 aliphatic carbocycles. The first-order valence-corrected chi connectivity index (χ1v) is 4.24. The van der Waals surface area contributed by atoms with Gasteiger partial charge in [0.25, 0.3) is 0 Å². The Morgan fingerprint density at radius 3 is 2.80 bits per heavy atom. The van der Waals surface area contributed by atoms with Crippen molar-refractivity contribution in [2.24, 2.45) is 0 Å². The van der Waals surface area contributed by atoms with Gasteiger partial charge in [-0.05, 0) is 28.1 Å². The predicted octanol–water partition coefficient (Wildman–Crippen LogP) is 2.43. The molecular weight excluding hydrogens is 212 g/mol. The van der Waals surface area contributed by atoms with Crippen LogP contribution in [-0.4, -0.2) is 7.05 Å². The molecule has 0 bridgehead atoms. The second kappa shape index (κ2) is 3.04. The number of halogens is 1. The van der Waals surface area contributed by atoms with Crippen molar-refractivity contribution < 1.29 is 0 Å². The lowest BCUT2D eigenvalue weighted by Crippen LogP contribution is -2.05. The van der Waals surface area contributed by atoms with Crippen molar-refractivity contribution in [1.29, 1.82) is 5.26 Å². The van der Waals surface area contributed by atoms with E-state index in [1.807, 2.05) is 18.3 Å². The number of nitrogens with zero attached hydrogens (tertiary/aromatic N) is 2. The van der Waals surface area contributed by atoms with E-state index in [0.29, 0.717) is 0 Å². The van der Waals surface area contributed by atoms with Crippen LogP contribution in [0, 0.1) is 11.5 Å². The summed E-state index contributed by atoms with van der Waals surface area (Å²) in [7, 11) is 1.73. The summed E-state index contributed by atoms with van der Waals surface area (Å²) in [6, 6.07) is 3.83. The molecule has 0 aliphatic rings. The Labute approximate surface area is 71.8 Å². The zero-order valence-corrected chi connectivity index (χ0v) is 7.74. The Morgan fingerprint density at radius 2 is 2.40 bits per heavy atom. The van der Waals surface area contributed by atoms with E-state index < -0.39 is 0 Å². The molecule has 10 heavy (non-hydrogen) atoms. The minimum atomic E-state index is 0.953. The molecule has 1 rings (SSSR count). The van der Waals surface area contributed by atoms with Crippen LogP contribution in [0.3, 0.4) is 0 Å². The number of hydrogen-bond donors (Lipinski definition) is 0. The smallest absolute Gasteiger partial charge is 0.184 e. The predicted molar refractivity (Wildman–Crippen MR) is 46.0 cm³/mol. The van der Waals surface area contributed by atoms with Gasteiger partial charge in [-0.2, -0.15) is 5.26 Å². The van der Waals surface area contributed by atoms with E-state index in [1.54, 1.807) is 18.4 Å². The average Bonchev–Trinajstić information content (AvgIpc) is 2.34. The normalized spacial score (nSPS) is 8.90. The molecule has 0 spiro atoms. The second-order valence-corrected chi connectivity index (χ2v) is 4.18. The molecule has 0 N–H and O–H groups in total. The molecule has 0 unspecified atom stereocenters. The summed E-state index contributed by atoms with van der Waals surface area (Å²) in [4.78, 5) is 1.52. The Balaban J connectivity index is 2.87. The fraction of sp³-hybridized carbons (Fsp3) is 0.167. The van der Waals surface area contributed by atoms with E-state index in [2.05, 4.69) is 15.9 Å². The quantitative estimate of drug-likeness (QED) is 0.533. The third kappa shape index (κ3) is 1.49. The van der Waals surface area contributed by atoms with Gasteiger partial charge in [-0.1, -0.05) is 0 Å². The molecule has 0 saturated heterocycles. The van der Waals surface area contributed by atoms with Crippen LogP contribution in [-0.2, 0) is 0 Å². The molecule has 1 aromatic rings. The van der Waals surface area contributed by atoms with Crippen molar-refractivity contribution >= 4 is 32.3 Å². The molecule has 0 atom stereocenters. The highest BCUT2D eigenvalue weighted by atomic mass is 79.9. The van der Waals surface area contributed by atoms with E-state index in [9.17, 15) is 0 Å². The summed E-state index contributed by atoms with van der Waals surface area (Å²) >= 11 is 4.85. The van der Waals surface area contributed by atoms with Gasteiger partial charge in [0.05, 0.1) is 3.79 Å². The van der Waals surface area contributed by atoms with Crippen molar-refractivity contribution in [3.63, 3.8) is 0 Å². The second-order valence-electron chi connectivity index (χ2n) is 1.74. The van der Waals surface area contributed by atoms with Gasteiger partial charge in [0.15, 0.2) is 6.19 Å². The SMILES string of the molecule is CN(C#N)c1ccc(Br)s1. The van der Waals surface area contributed by atoms with Crippen LogP contribution in [0.4, 0.5) is 5.00 Å². The minimum absolute atomic E-state index is 0.953. The number of thiophene rings is 1. The largest absolute Gasteiger partial charge is 0.273 e. The van der Waals surface area contributed by atoms with E-state index in [0.717, 1.165) is 8.79 Å². The zero-order valence-electron chi connectivity index (χ0n) is 5.34. The van der Waals surface area contributed by atoms with Crippen LogP contribution in [0.25, 0.3) is 0 Å². The van der Waals surface area contributed by atoms with Crippen LogP contribution in [0.1, 0.15) is 0 Å². The summed E-state index contributed by atoms with van der Waals surface area (Å²) < 4.78 is 1.05. The Hall–Kier alpha value is -0.530. The van der Waals surface area contributed by atoms with Crippen molar-refractivity contribution in [1.82, 2.24) is 0 Å². The number of hydrogen-bond acceptors (Lipinski definition) is 3. The number of nitriles is 1. The van der Waals surface area contributed by atoms with Gasteiger partial charge >= 0.3 is 0 Å². The van der Waals surface area contributed by atoms with Gasteiger partial charge in [0.2, 0.25) is 0 Å². The number of rotatable bonds is 1. The summed E-state index contributed by atoms with van der Waals surface area (Å²) in [5, 5.41) is 9.42. The van der Waals surface area contributed by atoms with Crippen LogP contribution >= 0.6 is 27.3 Å². The first-order chi connectivity index (χ1) is 4.74. The molecular formula is C6H5BrN2S. The summed E-state index contributed by atoms with van der Waals surface area (Å²) in [6.45, 7) is 0. The molecule has 1 aromatic heterocycles. The summed E-state index contributed by atoms with van der Waals surface area (Å²) in [6.07, 6.45) is 2.02. The van der Waals surface area contributed by atoms with Gasteiger partial charge in [0, 0.05) is 7.05 Å². The fourth-order valence-electron chi connectivity index (χ4n) is 0.534. The van der Waals surface area contributed by atoms with E-state index in [4.69, 9.17) is 5.26 Å². The van der Waals surface area contributed by atoms with Crippen LogP contribution in [0.15, 0.2) is 15.9 Å². The van der Waals surface area contributed by atoms with Gasteiger partial charge in [-0.15, -0.1) is 11.3 Å². The highest BCUT2D eigenvalue weighted by Crippen LogP contribution is 2.28. The average molecular weight is 217 g/mol. The lowest BCUT2D eigenvalue weighted by molar-refractivity contribution is 1.23. The maximum atomic E-state index is 8.46. The van der Waals surface area contributed by atoms with Gasteiger partial charge in [-0.3, -0.25) is 4.90 Å². The maximum Gasteiger partial charge on any atom is 0.184 e. The lowest BCUT2D eigenvalue weighted by atomic mass is 10.6. The zero-order chi connectivity index (χ0) is 7.56. The van der Waals surface area contributed by atoms with Crippen LogP contribution in [0.2, 0.25) is 0 Å². The molecule has 0 amide bonds. The summed E-state index contributed by atoms with van der Waals surface area (Å²) in [5.74, 6) is 0. The first-order valence-electron chi connectivity index (χ1n) is 2.63. The standard InChI is InChI=1S/C6H5BrN2S/c1-9(4-8)6-3-2-5(7)10-6/h2-3H,1H3. The highest BCUT2D eigenvalue weighted by Gasteiger charge is 2.00. The van der Waals surface area contributed by atoms with Crippen LogP contribution in [0.5, 0.6) is 0 Å². The highest BCUT2D eigenvalue weighted by molar-refractivity contribution is 9.11. The molecule has 0 aliphatic heterocycles. The third-order valence-electron chi connectivity index (χ3n) is 1.04. The topological polar surface area (TPSA) is 27.0 Å². The molecule has 0 radical (unpaired) electrons. The Bertz CT molecular complexity index is 263. The van der Waals surface area contributed by atoms with Crippen molar-refractivity contribution in [2.75, 3.05) is 11.9 Å². The maximum absolute atomic E-state index is 8.46. The molecule has 0 fully saturated rings. The number of anilines is 1. The third-order valence-corrected chi connectivity index (χ3v) is 2.74. The van der Waals surface area contributed by atoms with Gasteiger partial charge < -0.3 is 0 Å². The summed E-state index contributed by atoms with van der Waals surface area (Å²) in [5.41, 5.74) is 0. The van der Waals surface area contributed by atoms with Crippen molar-refractivity contribution in [2.45, 2.75) is 0 Å². The molecule has 1 heterocycles. The van der Waals surface area contributed by atoms with Crippen molar-refractivity contribution in [3.8, 4) is 6.19 Å². The van der Waals surface area contributed by atoms with E-state index >= 15 is 0 Å². The van der Waals surface area contributed by atoms with E-state index in [1.165, 1.54) is 4.90 Å². The van der Waals surface area contributed by atoms with E-state index in [-0.39, 0.29) is 0 Å². The molecule has 0 saturated carbocycles. The van der Waals surface area contributed by atoms with Gasteiger partial charge in [-0.25, -0.2) is 0 Å². The minimum Gasteiger partial charge on any atom is -0.273 e. The molecule has 52 valence electrons. The van der Waals surface area contributed by atoms with Crippen LogP contribution < -0.4 is 4.90 Å². The Kier molecular flexibility index (Phi) is 2.30. The molecule has 0 aromatic carbocycles. The van der Waals surface area contributed by atoms with Crippen molar-refractivity contribution in [3.05, 3.63) is 15.9 Å². The Morgan fingerprint density at radius 1 is 1.70 bits per heavy atom.